The summed E-state index contributed by atoms with van der Waals surface area (Å²) in [7, 11) is 4.69. The Hall–Kier alpha value is -2.92. The summed E-state index contributed by atoms with van der Waals surface area (Å²) in [5.41, 5.74) is 5.27. The van der Waals surface area contributed by atoms with Gasteiger partial charge >= 0.3 is 5.97 Å². The molecule has 5 nitrogen and oxygen atoms in total. The molecule has 0 atom stereocenters. The fraction of sp³-hybridized carbons (Fsp3) is 0.227. The Morgan fingerprint density at radius 3 is 2.21 bits per heavy atom. The monoisotopic (exact) mass is 400 g/mol. The molecule has 0 aliphatic heterocycles. The molecular weight excluding hydrogens is 380 g/mol. The van der Waals surface area contributed by atoms with Crippen LogP contribution < -0.4 is 14.2 Å². The van der Waals surface area contributed by atoms with Gasteiger partial charge in [0.2, 0.25) is 5.75 Å². The van der Waals surface area contributed by atoms with E-state index < -0.39 is 5.97 Å². The maximum Gasteiger partial charge on any atom is 0.307 e. The molecule has 0 spiro atoms. The number of carbonyl (C=O) groups is 1. The molecule has 0 bridgehead atoms. The average Bonchev–Trinajstić information content (AvgIpc) is 2.91. The minimum atomic E-state index is -0.880. The van der Waals surface area contributed by atoms with Gasteiger partial charge in [-0.25, -0.2) is 0 Å². The topological polar surface area (TPSA) is 65.0 Å². The summed E-state index contributed by atoms with van der Waals surface area (Å²) in [6.07, 6.45) is 1.92. The van der Waals surface area contributed by atoms with Crippen LogP contribution in [-0.4, -0.2) is 32.4 Å². The number of hydrogen-bond donors (Lipinski definition) is 1. The Morgan fingerprint density at radius 2 is 1.68 bits per heavy atom. The van der Waals surface area contributed by atoms with Crippen molar-refractivity contribution < 1.29 is 24.1 Å². The fourth-order valence-electron chi connectivity index (χ4n) is 3.48. The molecule has 0 unspecified atom stereocenters. The second-order valence-corrected chi connectivity index (χ2v) is 6.82. The van der Waals surface area contributed by atoms with E-state index in [0.29, 0.717) is 22.3 Å². The van der Waals surface area contributed by atoms with Crippen LogP contribution in [-0.2, 0) is 4.79 Å². The highest BCUT2D eigenvalue weighted by Crippen LogP contribution is 2.45. The number of methoxy groups -OCH3 is 3. The van der Waals surface area contributed by atoms with Crippen LogP contribution in [0.3, 0.4) is 0 Å². The lowest BCUT2D eigenvalue weighted by atomic mass is 10.0. The second-order valence-electron chi connectivity index (χ2n) is 6.38. The summed E-state index contributed by atoms with van der Waals surface area (Å²) in [5.74, 6) is 0.740. The molecular formula is C22H21ClO5. The molecule has 0 fully saturated rings. The van der Waals surface area contributed by atoms with E-state index in [4.69, 9.17) is 25.8 Å². The molecule has 2 aromatic rings. The van der Waals surface area contributed by atoms with Crippen molar-refractivity contribution >= 4 is 34.8 Å². The van der Waals surface area contributed by atoms with Crippen molar-refractivity contribution in [3.8, 4) is 17.2 Å². The van der Waals surface area contributed by atoms with Crippen molar-refractivity contribution in [2.75, 3.05) is 21.3 Å². The summed E-state index contributed by atoms with van der Waals surface area (Å²) in [5, 5.41) is 9.90. The van der Waals surface area contributed by atoms with E-state index in [9.17, 15) is 9.90 Å². The molecule has 2 aromatic carbocycles. The van der Waals surface area contributed by atoms with Gasteiger partial charge in [-0.15, -0.1) is 0 Å². The molecule has 0 amide bonds. The number of fused-ring (bicyclic) bond motifs is 1. The van der Waals surface area contributed by atoms with E-state index in [0.717, 1.165) is 33.4 Å². The number of carboxylic acids is 1. The van der Waals surface area contributed by atoms with E-state index in [1.54, 1.807) is 27.4 Å². The number of halogens is 1. The van der Waals surface area contributed by atoms with Gasteiger partial charge in [0.25, 0.3) is 0 Å². The van der Waals surface area contributed by atoms with Gasteiger partial charge in [-0.2, -0.15) is 0 Å². The molecule has 146 valence electrons. The number of allylic oxidation sites excluding steroid dienone is 2. The summed E-state index contributed by atoms with van der Waals surface area (Å²) >= 11 is 6.16. The quantitative estimate of drug-likeness (QED) is 0.724. The molecule has 1 aliphatic carbocycles. The lowest BCUT2D eigenvalue weighted by Crippen LogP contribution is -1.96. The van der Waals surface area contributed by atoms with Gasteiger partial charge in [0.1, 0.15) is 0 Å². The number of rotatable bonds is 6. The minimum absolute atomic E-state index is 0.0637. The van der Waals surface area contributed by atoms with Gasteiger partial charge in [-0.05, 0) is 70.7 Å². The highest BCUT2D eigenvalue weighted by atomic mass is 35.5. The van der Waals surface area contributed by atoms with E-state index in [-0.39, 0.29) is 6.42 Å². The largest absolute Gasteiger partial charge is 0.493 e. The third-order valence-corrected chi connectivity index (χ3v) is 5.01. The molecule has 1 N–H and O–H groups in total. The number of hydrogen-bond acceptors (Lipinski definition) is 4. The molecule has 0 saturated heterocycles. The van der Waals surface area contributed by atoms with E-state index in [1.807, 2.05) is 37.3 Å². The zero-order chi connectivity index (χ0) is 20.4. The van der Waals surface area contributed by atoms with Crippen molar-refractivity contribution in [3.05, 3.63) is 57.6 Å². The SMILES string of the molecule is COc1cc(/C=C2/C(C)=C(CC(=O)O)c3cc(Cl)ccc32)cc(OC)c1OC. The van der Waals surface area contributed by atoms with E-state index in [1.165, 1.54) is 0 Å². The van der Waals surface area contributed by atoms with Crippen LogP contribution in [0.15, 0.2) is 35.9 Å². The lowest BCUT2D eigenvalue weighted by molar-refractivity contribution is -0.135. The predicted molar refractivity (Wildman–Crippen MR) is 110 cm³/mol. The number of aliphatic carboxylic acids is 1. The number of carboxylic acid groups (broad SMARTS) is 1. The molecule has 6 heteroatoms. The Labute approximate surface area is 168 Å². The summed E-state index contributed by atoms with van der Waals surface area (Å²) in [4.78, 5) is 11.4. The first-order valence-corrected chi connectivity index (χ1v) is 9.01. The first-order valence-electron chi connectivity index (χ1n) is 8.63. The van der Waals surface area contributed by atoms with Crippen molar-refractivity contribution in [3.63, 3.8) is 0 Å². The van der Waals surface area contributed by atoms with Crippen molar-refractivity contribution in [1.29, 1.82) is 0 Å². The molecule has 3 rings (SSSR count). The molecule has 0 aromatic heterocycles. The van der Waals surface area contributed by atoms with Crippen LogP contribution in [0.1, 0.15) is 30.0 Å². The molecule has 0 saturated carbocycles. The summed E-state index contributed by atoms with van der Waals surface area (Å²) in [6.45, 7) is 1.93. The van der Waals surface area contributed by atoms with Gasteiger partial charge in [0.05, 0.1) is 27.8 Å². The summed E-state index contributed by atoms with van der Waals surface area (Å²) < 4.78 is 16.2. The highest BCUT2D eigenvalue weighted by molar-refractivity contribution is 6.31. The highest BCUT2D eigenvalue weighted by Gasteiger charge is 2.25. The van der Waals surface area contributed by atoms with Crippen LogP contribution >= 0.6 is 11.6 Å². The van der Waals surface area contributed by atoms with Crippen LogP contribution in [0.25, 0.3) is 17.2 Å². The molecule has 0 heterocycles. The fourth-order valence-corrected chi connectivity index (χ4v) is 3.66. The zero-order valence-electron chi connectivity index (χ0n) is 16.1. The van der Waals surface area contributed by atoms with Crippen LogP contribution in [0.5, 0.6) is 17.2 Å². The Bertz CT molecular complexity index is 979. The van der Waals surface area contributed by atoms with Crippen molar-refractivity contribution in [1.82, 2.24) is 0 Å². The third kappa shape index (κ3) is 3.58. The van der Waals surface area contributed by atoms with Gasteiger partial charge in [0.15, 0.2) is 11.5 Å². The van der Waals surface area contributed by atoms with Gasteiger partial charge in [0, 0.05) is 5.02 Å². The van der Waals surface area contributed by atoms with Crippen LogP contribution in [0.2, 0.25) is 5.02 Å². The Balaban J connectivity index is 2.19. The van der Waals surface area contributed by atoms with Gasteiger partial charge in [-0.3, -0.25) is 4.79 Å². The van der Waals surface area contributed by atoms with Gasteiger partial charge < -0.3 is 19.3 Å². The predicted octanol–water partition coefficient (Wildman–Crippen LogP) is 5.17. The first kappa shape index (κ1) is 19.8. The molecule has 1 aliphatic rings. The number of benzene rings is 2. The molecule has 28 heavy (non-hydrogen) atoms. The Morgan fingerprint density at radius 1 is 1.04 bits per heavy atom. The summed E-state index contributed by atoms with van der Waals surface area (Å²) in [6, 6.07) is 9.24. The van der Waals surface area contributed by atoms with Crippen LogP contribution in [0.4, 0.5) is 0 Å². The second kappa shape index (κ2) is 7.98. The van der Waals surface area contributed by atoms with Crippen molar-refractivity contribution in [2.45, 2.75) is 13.3 Å². The van der Waals surface area contributed by atoms with Gasteiger partial charge in [-0.1, -0.05) is 17.7 Å². The first-order chi connectivity index (χ1) is 13.4. The molecule has 0 radical (unpaired) electrons. The number of ether oxygens (including phenoxy) is 3. The third-order valence-electron chi connectivity index (χ3n) is 4.78. The Kier molecular flexibility index (Phi) is 5.66. The standard InChI is InChI=1S/C22H21ClO5/c1-12-16(7-13-8-19(26-2)22(28-4)20(9-13)27-3)15-6-5-14(23)10-18(15)17(12)11-21(24)25/h5-10H,11H2,1-4H3,(H,24,25)/b16-7-. The normalized spacial score (nSPS) is 14.2. The average molecular weight is 401 g/mol. The minimum Gasteiger partial charge on any atom is -0.493 e. The van der Waals surface area contributed by atoms with E-state index in [2.05, 4.69) is 0 Å². The smallest absolute Gasteiger partial charge is 0.307 e. The van der Waals surface area contributed by atoms with Crippen LogP contribution in [0, 0.1) is 0 Å². The maximum absolute atomic E-state index is 11.4. The van der Waals surface area contributed by atoms with Crippen molar-refractivity contribution in [2.24, 2.45) is 0 Å². The van der Waals surface area contributed by atoms with E-state index >= 15 is 0 Å². The maximum atomic E-state index is 11.4. The lowest BCUT2D eigenvalue weighted by Gasteiger charge is -2.13. The zero-order valence-corrected chi connectivity index (χ0v) is 16.9.